The first-order valence-electron chi connectivity index (χ1n) is 4.63. The molecule has 0 heterocycles. The molecule has 77 valence electrons. The number of rotatable bonds is 4. The Morgan fingerprint density at radius 3 is 2.21 bits per heavy atom. The van der Waals surface area contributed by atoms with Crippen LogP contribution in [0.3, 0.4) is 0 Å². The molecule has 14 heavy (non-hydrogen) atoms. The van der Waals surface area contributed by atoms with Crippen LogP contribution in [0.2, 0.25) is 0 Å². The molecular formula is C12H21NY. The Kier molecular flexibility index (Phi) is 10.2. The Balaban J connectivity index is 0. The Bertz CT molecular complexity index is 219. The molecular weight excluding hydrogens is 247 g/mol. The van der Waals surface area contributed by atoms with Crippen LogP contribution in [-0.4, -0.2) is 25.6 Å². The van der Waals surface area contributed by atoms with Gasteiger partial charge in [-0.3, -0.25) is 4.48 Å². The van der Waals surface area contributed by atoms with Gasteiger partial charge in [0.15, 0.2) is 0 Å². The number of quaternary nitrogens is 1. The van der Waals surface area contributed by atoms with Crippen LogP contribution in [0.4, 0.5) is 0 Å². The fourth-order valence-corrected chi connectivity index (χ4v) is 0.902. The van der Waals surface area contributed by atoms with Crippen LogP contribution in [-0.2, 0) is 32.7 Å². The molecule has 0 rings (SSSR count). The fraction of sp³-hybridized carbons (Fsp3) is 0.417. The maximum atomic E-state index is 3.78. The van der Waals surface area contributed by atoms with E-state index in [0.29, 0.717) is 0 Å². The third-order valence-corrected chi connectivity index (χ3v) is 1.69. The molecule has 0 aromatic heterocycles. The van der Waals surface area contributed by atoms with Crippen molar-refractivity contribution in [1.82, 2.24) is 0 Å². The molecule has 0 fully saturated rings. The molecule has 0 saturated heterocycles. The summed E-state index contributed by atoms with van der Waals surface area (Å²) in [5, 5.41) is 0. The van der Waals surface area contributed by atoms with Gasteiger partial charge in [0, 0.05) is 32.7 Å². The van der Waals surface area contributed by atoms with Crippen LogP contribution in [0.15, 0.2) is 36.1 Å². The summed E-state index contributed by atoms with van der Waals surface area (Å²) in [4.78, 5) is 0. The molecule has 0 saturated carbocycles. The van der Waals surface area contributed by atoms with Gasteiger partial charge < -0.3 is 6.92 Å². The zero-order valence-corrected chi connectivity index (χ0v) is 12.7. The summed E-state index contributed by atoms with van der Waals surface area (Å²) in [6, 6.07) is 0. The van der Waals surface area contributed by atoms with E-state index in [1.165, 1.54) is 5.70 Å². The molecule has 0 amide bonds. The van der Waals surface area contributed by atoms with Gasteiger partial charge in [-0.15, -0.1) is 6.08 Å². The van der Waals surface area contributed by atoms with E-state index in [-0.39, 0.29) is 32.7 Å². The quantitative estimate of drug-likeness (QED) is 0.418. The molecule has 0 aliphatic carbocycles. The monoisotopic (exact) mass is 268 g/mol. The summed E-state index contributed by atoms with van der Waals surface area (Å²) in [6.07, 6.45) is 11.3. The van der Waals surface area contributed by atoms with E-state index in [9.17, 15) is 0 Å². The van der Waals surface area contributed by atoms with Crippen LogP contribution in [0.1, 0.15) is 13.3 Å². The molecule has 0 unspecified atom stereocenters. The van der Waals surface area contributed by atoms with Crippen LogP contribution in [0, 0.1) is 6.92 Å². The van der Waals surface area contributed by atoms with Gasteiger partial charge in [0.05, 0.1) is 21.1 Å². The zero-order chi connectivity index (χ0) is 10.3. The third-order valence-electron chi connectivity index (χ3n) is 1.69. The van der Waals surface area contributed by atoms with E-state index in [1.807, 2.05) is 13.0 Å². The normalized spacial score (nSPS) is 13.6. The van der Waals surface area contributed by atoms with E-state index >= 15 is 0 Å². The average Bonchev–Trinajstić information content (AvgIpc) is 2.02. The SMILES string of the molecule is [CH2-]C\C=C/C(=C\C=C/C)[N+](C)(C)C.[Y]. The number of allylic oxidation sites excluding steroid dienone is 5. The van der Waals surface area contributed by atoms with Crippen molar-refractivity contribution < 1.29 is 37.2 Å². The van der Waals surface area contributed by atoms with Gasteiger partial charge in [0.1, 0.15) is 5.70 Å². The molecule has 0 spiro atoms. The molecule has 0 bridgehead atoms. The van der Waals surface area contributed by atoms with Crippen molar-refractivity contribution in [1.29, 1.82) is 0 Å². The van der Waals surface area contributed by atoms with Crippen molar-refractivity contribution in [3.05, 3.63) is 43.0 Å². The van der Waals surface area contributed by atoms with Crippen LogP contribution in [0.5, 0.6) is 0 Å². The Morgan fingerprint density at radius 1 is 1.29 bits per heavy atom. The molecule has 0 atom stereocenters. The molecule has 0 aromatic carbocycles. The van der Waals surface area contributed by atoms with Gasteiger partial charge in [0.2, 0.25) is 0 Å². The third kappa shape index (κ3) is 7.67. The van der Waals surface area contributed by atoms with Crippen molar-refractivity contribution in [3.8, 4) is 0 Å². The van der Waals surface area contributed by atoms with E-state index in [0.717, 1.165) is 10.9 Å². The molecule has 1 radical (unpaired) electrons. The van der Waals surface area contributed by atoms with Crippen LogP contribution in [0.25, 0.3) is 0 Å². The van der Waals surface area contributed by atoms with Crippen LogP contribution >= 0.6 is 0 Å². The topological polar surface area (TPSA) is 0 Å². The van der Waals surface area contributed by atoms with E-state index in [4.69, 9.17) is 0 Å². The fourth-order valence-electron chi connectivity index (χ4n) is 0.902. The summed E-state index contributed by atoms with van der Waals surface area (Å²) < 4.78 is 0.834. The van der Waals surface area contributed by atoms with Gasteiger partial charge in [-0.05, 0) is 19.1 Å². The minimum atomic E-state index is 0. The van der Waals surface area contributed by atoms with Crippen molar-refractivity contribution in [3.63, 3.8) is 0 Å². The minimum absolute atomic E-state index is 0. The van der Waals surface area contributed by atoms with Gasteiger partial charge in [-0.1, -0.05) is 12.2 Å². The number of hydrogen-bond donors (Lipinski definition) is 0. The van der Waals surface area contributed by atoms with Gasteiger partial charge in [-0.25, -0.2) is 0 Å². The Hall–Kier alpha value is 0.284. The second-order valence-electron chi connectivity index (χ2n) is 3.82. The number of likely N-dealkylation sites (N-methyl/N-ethyl adjacent to an activating group) is 1. The van der Waals surface area contributed by atoms with Crippen molar-refractivity contribution in [2.24, 2.45) is 0 Å². The van der Waals surface area contributed by atoms with E-state index in [2.05, 4.69) is 52.4 Å². The first kappa shape index (κ1) is 16.7. The van der Waals surface area contributed by atoms with Crippen molar-refractivity contribution in [2.45, 2.75) is 13.3 Å². The Labute approximate surface area is 114 Å². The first-order valence-corrected chi connectivity index (χ1v) is 4.63. The molecule has 0 N–H and O–H groups in total. The van der Waals surface area contributed by atoms with Gasteiger partial charge in [0.25, 0.3) is 0 Å². The minimum Gasteiger partial charge on any atom is -0.340 e. The van der Waals surface area contributed by atoms with Gasteiger partial charge in [-0.2, -0.15) is 6.42 Å². The molecule has 0 aliphatic heterocycles. The average molecular weight is 268 g/mol. The van der Waals surface area contributed by atoms with Gasteiger partial charge >= 0.3 is 0 Å². The Morgan fingerprint density at radius 2 is 1.86 bits per heavy atom. The van der Waals surface area contributed by atoms with Crippen molar-refractivity contribution >= 4 is 0 Å². The summed E-state index contributed by atoms with van der Waals surface area (Å²) in [7, 11) is 6.47. The summed E-state index contributed by atoms with van der Waals surface area (Å²) in [5.41, 5.74) is 1.28. The number of hydrogen-bond acceptors (Lipinski definition) is 0. The molecule has 0 aromatic rings. The second kappa shape index (κ2) is 8.58. The molecule has 0 aliphatic rings. The predicted octanol–water partition coefficient (Wildman–Crippen LogP) is 2.93. The number of nitrogens with zero attached hydrogens (tertiary/aromatic N) is 1. The largest absolute Gasteiger partial charge is 0.340 e. The second-order valence-corrected chi connectivity index (χ2v) is 3.82. The zero-order valence-electron chi connectivity index (χ0n) is 9.83. The predicted molar refractivity (Wildman–Crippen MR) is 60.0 cm³/mol. The standard InChI is InChI=1S/C12H21N.Y/c1-6-8-10-12(11-9-7-2)13(3,4)5;/h7-11H,1,6H2,2-5H3;/b9-7-,10-8-,12-11+;. The molecule has 2 heteroatoms. The smallest absolute Gasteiger partial charge is 0.131 e. The summed E-state index contributed by atoms with van der Waals surface area (Å²) >= 11 is 0. The van der Waals surface area contributed by atoms with Crippen molar-refractivity contribution in [2.75, 3.05) is 21.1 Å². The summed E-state index contributed by atoms with van der Waals surface area (Å²) in [6.45, 7) is 5.80. The van der Waals surface area contributed by atoms with E-state index < -0.39 is 0 Å². The molecule has 1 nitrogen and oxygen atoms in total. The van der Waals surface area contributed by atoms with Crippen LogP contribution < -0.4 is 0 Å². The maximum absolute atomic E-state index is 3.78. The van der Waals surface area contributed by atoms with E-state index in [1.54, 1.807) is 0 Å². The maximum Gasteiger partial charge on any atom is 0.131 e. The first-order chi connectivity index (χ1) is 6.02. The summed E-state index contributed by atoms with van der Waals surface area (Å²) in [5.74, 6) is 0.